The zero-order chi connectivity index (χ0) is 11.6. The summed E-state index contributed by atoms with van der Waals surface area (Å²) < 4.78 is 4.52. The maximum atomic E-state index is 11.8. The third kappa shape index (κ3) is 2.54. The lowest BCUT2D eigenvalue weighted by Crippen LogP contribution is -2.39. The Morgan fingerprint density at radius 3 is 2.25 bits per heavy atom. The van der Waals surface area contributed by atoms with Gasteiger partial charge in [0.25, 0.3) is 0 Å². The molecule has 0 aromatic carbocycles. The number of carbonyl (C=O) groups excluding carboxylic acids is 2. The van der Waals surface area contributed by atoms with Gasteiger partial charge in [-0.15, -0.1) is 0 Å². The van der Waals surface area contributed by atoms with Crippen molar-refractivity contribution in [2.75, 3.05) is 20.2 Å². The molecule has 4 heteroatoms. The van der Waals surface area contributed by atoms with Gasteiger partial charge in [0.2, 0.25) is 5.91 Å². The standard InChI is InChI=1S/C12H19NO3/c1-16-11(15)3-2-10(14)13-8-6-12(4-5-12)7-9-13/h2-9H2,1H3. The highest BCUT2D eigenvalue weighted by Gasteiger charge is 2.44. The minimum Gasteiger partial charge on any atom is -0.469 e. The molecule has 0 N–H and O–H groups in total. The zero-order valence-electron chi connectivity index (χ0n) is 9.83. The average Bonchev–Trinajstić information content (AvgIpc) is 3.06. The number of piperidine rings is 1. The third-order valence-electron chi connectivity index (χ3n) is 3.90. The molecule has 1 saturated carbocycles. The molecule has 0 aromatic rings. The predicted molar refractivity (Wildman–Crippen MR) is 58.7 cm³/mol. The summed E-state index contributed by atoms with van der Waals surface area (Å²) in [5.41, 5.74) is 0.596. The topological polar surface area (TPSA) is 46.6 Å². The van der Waals surface area contributed by atoms with E-state index in [4.69, 9.17) is 0 Å². The molecule has 2 rings (SSSR count). The molecule has 0 radical (unpaired) electrons. The fourth-order valence-electron chi connectivity index (χ4n) is 2.38. The van der Waals surface area contributed by atoms with Crippen molar-refractivity contribution in [2.24, 2.45) is 5.41 Å². The Labute approximate surface area is 95.9 Å². The number of hydrogen-bond donors (Lipinski definition) is 0. The smallest absolute Gasteiger partial charge is 0.306 e. The molecule has 2 fully saturated rings. The van der Waals surface area contributed by atoms with E-state index >= 15 is 0 Å². The highest BCUT2D eigenvalue weighted by atomic mass is 16.5. The van der Waals surface area contributed by atoms with Crippen molar-refractivity contribution in [3.05, 3.63) is 0 Å². The van der Waals surface area contributed by atoms with Crippen LogP contribution in [0.4, 0.5) is 0 Å². The Bertz CT molecular complexity index is 287. The van der Waals surface area contributed by atoms with Gasteiger partial charge in [-0.2, -0.15) is 0 Å². The molecule has 16 heavy (non-hydrogen) atoms. The van der Waals surface area contributed by atoms with Crippen LogP contribution >= 0.6 is 0 Å². The van der Waals surface area contributed by atoms with Gasteiger partial charge >= 0.3 is 5.97 Å². The van der Waals surface area contributed by atoms with Crippen LogP contribution in [0.25, 0.3) is 0 Å². The van der Waals surface area contributed by atoms with E-state index in [0.717, 1.165) is 25.9 Å². The summed E-state index contributed by atoms with van der Waals surface area (Å²) in [4.78, 5) is 24.6. The molecule has 90 valence electrons. The van der Waals surface area contributed by atoms with Crippen molar-refractivity contribution in [2.45, 2.75) is 38.5 Å². The second-order valence-corrected chi connectivity index (χ2v) is 4.96. The van der Waals surface area contributed by atoms with Gasteiger partial charge in [0.1, 0.15) is 0 Å². The van der Waals surface area contributed by atoms with Crippen LogP contribution in [-0.4, -0.2) is 37.0 Å². The van der Waals surface area contributed by atoms with Gasteiger partial charge in [0.05, 0.1) is 13.5 Å². The van der Waals surface area contributed by atoms with Gasteiger partial charge < -0.3 is 9.64 Å². The number of esters is 1. The first-order valence-corrected chi connectivity index (χ1v) is 6.00. The predicted octanol–water partition coefficient (Wildman–Crippen LogP) is 1.34. The van der Waals surface area contributed by atoms with Crippen LogP contribution in [0, 0.1) is 5.41 Å². The number of methoxy groups -OCH3 is 1. The number of rotatable bonds is 3. The molecule has 1 amide bonds. The molecule has 2 aliphatic rings. The summed E-state index contributed by atoms with van der Waals surface area (Å²) in [6.07, 6.45) is 5.49. The largest absolute Gasteiger partial charge is 0.469 e. The number of hydrogen-bond acceptors (Lipinski definition) is 3. The summed E-state index contributed by atoms with van der Waals surface area (Å²) in [6.45, 7) is 1.75. The van der Waals surface area contributed by atoms with Crippen molar-refractivity contribution < 1.29 is 14.3 Å². The number of ether oxygens (including phenoxy) is 1. The molecule has 0 bridgehead atoms. The third-order valence-corrected chi connectivity index (χ3v) is 3.90. The molecule has 1 aliphatic heterocycles. The van der Waals surface area contributed by atoms with E-state index in [0.29, 0.717) is 11.8 Å². The van der Waals surface area contributed by atoms with E-state index < -0.39 is 0 Å². The van der Waals surface area contributed by atoms with E-state index in [1.54, 1.807) is 0 Å². The molecule has 4 nitrogen and oxygen atoms in total. The van der Waals surface area contributed by atoms with E-state index in [1.165, 1.54) is 20.0 Å². The van der Waals surface area contributed by atoms with Gasteiger partial charge in [-0.1, -0.05) is 0 Å². The maximum absolute atomic E-state index is 11.8. The van der Waals surface area contributed by atoms with Crippen LogP contribution < -0.4 is 0 Å². The molecule has 1 aliphatic carbocycles. The highest BCUT2D eigenvalue weighted by molar-refractivity contribution is 5.81. The summed E-state index contributed by atoms with van der Waals surface area (Å²) in [7, 11) is 1.35. The first kappa shape index (κ1) is 11.4. The van der Waals surface area contributed by atoms with Crippen LogP contribution in [0.1, 0.15) is 38.5 Å². The van der Waals surface area contributed by atoms with Crippen molar-refractivity contribution in [1.82, 2.24) is 4.90 Å². The molecule has 1 heterocycles. The Balaban J connectivity index is 1.71. The minimum atomic E-state index is -0.302. The monoisotopic (exact) mass is 225 g/mol. The second-order valence-electron chi connectivity index (χ2n) is 4.96. The Morgan fingerprint density at radius 2 is 1.75 bits per heavy atom. The van der Waals surface area contributed by atoms with Crippen LogP contribution in [0.3, 0.4) is 0 Å². The van der Waals surface area contributed by atoms with E-state index in [2.05, 4.69) is 4.74 Å². The van der Waals surface area contributed by atoms with Gasteiger partial charge in [-0.05, 0) is 31.1 Å². The fourth-order valence-corrected chi connectivity index (χ4v) is 2.38. The highest BCUT2D eigenvalue weighted by Crippen LogP contribution is 2.53. The first-order chi connectivity index (χ1) is 7.65. The van der Waals surface area contributed by atoms with Gasteiger partial charge in [-0.3, -0.25) is 9.59 Å². The fraction of sp³-hybridized carbons (Fsp3) is 0.833. The molecule has 0 unspecified atom stereocenters. The lowest BCUT2D eigenvalue weighted by Gasteiger charge is -2.32. The van der Waals surface area contributed by atoms with Crippen LogP contribution in [0.2, 0.25) is 0 Å². The first-order valence-electron chi connectivity index (χ1n) is 6.00. The molecule has 0 atom stereocenters. The van der Waals surface area contributed by atoms with Crippen LogP contribution in [0.15, 0.2) is 0 Å². The van der Waals surface area contributed by atoms with Crippen molar-refractivity contribution in [1.29, 1.82) is 0 Å². The zero-order valence-corrected chi connectivity index (χ0v) is 9.83. The summed E-state index contributed by atoms with van der Waals surface area (Å²) in [5.74, 6) is -0.204. The molecular weight excluding hydrogens is 206 g/mol. The quantitative estimate of drug-likeness (QED) is 0.681. The van der Waals surface area contributed by atoms with Gasteiger partial charge in [-0.25, -0.2) is 0 Å². The average molecular weight is 225 g/mol. The van der Waals surface area contributed by atoms with Crippen LogP contribution in [-0.2, 0) is 14.3 Å². The molecule has 0 aromatic heterocycles. The van der Waals surface area contributed by atoms with Gasteiger partial charge in [0, 0.05) is 19.5 Å². The van der Waals surface area contributed by atoms with E-state index in [9.17, 15) is 9.59 Å². The number of carbonyl (C=O) groups is 2. The van der Waals surface area contributed by atoms with Crippen molar-refractivity contribution in [3.63, 3.8) is 0 Å². The molecule has 1 saturated heterocycles. The van der Waals surface area contributed by atoms with Crippen LogP contribution in [0.5, 0.6) is 0 Å². The van der Waals surface area contributed by atoms with Gasteiger partial charge in [0.15, 0.2) is 0 Å². The Hall–Kier alpha value is -1.06. The lowest BCUT2D eigenvalue weighted by molar-refractivity contribution is -0.144. The Morgan fingerprint density at radius 1 is 1.12 bits per heavy atom. The summed E-state index contributed by atoms with van der Waals surface area (Å²) in [5, 5.41) is 0. The van der Waals surface area contributed by atoms with E-state index in [1.807, 2.05) is 4.90 Å². The second kappa shape index (κ2) is 4.44. The Kier molecular flexibility index (Phi) is 3.17. The summed E-state index contributed by atoms with van der Waals surface area (Å²) in [6, 6.07) is 0. The van der Waals surface area contributed by atoms with Crippen molar-refractivity contribution in [3.8, 4) is 0 Å². The molecular formula is C12H19NO3. The molecule has 1 spiro atoms. The summed E-state index contributed by atoms with van der Waals surface area (Å²) >= 11 is 0. The van der Waals surface area contributed by atoms with Crippen molar-refractivity contribution >= 4 is 11.9 Å². The maximum Gasteiger partial charge on any atom is 0.306 e. The SMILES string of the molecule is COC(=O)CCC(=O)N1CCC2(CC1)CC2. The number of nitrogens with zero attached hydrogens (tertiary/aromatic N) is 1. The lowest BCUT2D eigenvalue weighted by atomic mass is 9.93. The number of likely N-dealkylation sites (tertiary alicyclic amines) is 1. The normalized spacial score (nSPS) is 21.9. The van der Waals surface area contributed by atoms with E-state index in [-0.39, 0.29) is 18.3 Å². The minimum absolute atomic E-state index is 0.0981. The number of amides is 1.